The van der Waals surface area contributed by atoms with E-state index < -0.39 is 5.91 Å². The molecule has 0 aliphatic carbocycles. The van der Waals surface area contributed by atoms with Crippen LogP contribution in [0.15, 0.2) is 22.9 Å². The molecule has 0 saturated carbocycles. The zero-order valence-electron chi connectivity index (χ0n) is 9.28. The number of nitrogens with one attached hydrogen (secondary N) is 2. The zero-order valence-corrected chi connectivity index (χ0v) is 12.4. The summed E-state index contributed by atoms with van der Waals surface area (Å²) in [5.41, 5.74) is 0. The van der Waals surface area contributed by atoms with Crippen LogP contribution in [0.1, 0.15) is 0 Å². The molecule has 19 heavy (non-hydrogen) atoms. The standard InChI is InChI=1S/C10H7BrCl2N4O2/c11-9-15-10(17-16-9)14-8(18)4-19-7-2-1-5(12)3-6(7)13/h1-3H,4H2,(H2,14,15,16,17,18). The number of halogens is 3. The molecule has 0 atom stereocenters. The van der Waals surface area contributed by atoms with Crippen molar-refractivity contribution in [2.45, 2.75) is 0 Å². The van der Waals surface area contributed by atoms with Crippen molar-refractivity contribution >= 4 is 51.0 Å². The Bertz CT molecular complexity index is 605. The van der Waals surface area contributed by atoms with Gasteiger partial charge in [-0.3, -0.25) is 15.2 Å². The van der Waals surface area contributed by atoms with Crippen LogP contribution in [0.5, 0.6) is 5.75 Å². The summed E-state index contributed by atoms with van der Waals surface area (Å²) in [6.45, 7) is -0.215. The fourth-order valence-corrected chi connectivity index (χ4v) is 1.91. The van der Waals surface area contributed by atoms with Crippen molar-refractivity contribution in [3.63, 3.8) is 0 Å². The van der Waals surface area contributed by atoms with Gasteiger partial charge in [0.25, 0.3) is 5.91 Å². The summed E-state index contributed by atoms with van der Waals surface area (Å²) in [5, 5.41) is 9.53. The quantitative estimate of drug-likeness (QED) is 0.872. The summed E-state index contributed by atoms with van der Waals surface area (Å²) in [7, 11) is 0. The number of anilines is 1. The zero-order chi connectivity index (χ0) is 13.8. The normalized spacial score (nSPS) is 10.3. The molecule has 2 rings (SSSR count). The van der Waals surface area contributed by atoms with Gasteiger partial charge in [0.1, 0.15) is 5.75 Å². The fraction of sp³-hybridized carbons (Fsp3) is 0.100. The molecular weight excluding hydrogens is 359 g/mol. The van der Waals surface area contributed by atoms with Crippen molar-refractivity contribution in [2.75, 3.05) is 11.9 Å². The number of nitrogens with zero attached hydrogens (tertiary/aromatic N) is 2. The van der Waals surface area contributed by atoms with Gasteiger partial charge in [0.15, 0.2) is 11.3 Å². The van der Waals surface area contributed by atoms with E-state index in [0.29, 0.717) is 20.5 Å². The Labute approximate surface area is 126 Å². The lowest BCUT2D eigenvalue weighted by Gasteiger charge is -2.07. The molecule has 0 aliphatic heterocycles. The van der Waals surface area contributed by atoms with Gasteiger partial charge in [0.05, 0.1) is 5.02 Å². The predicted octanol–water partition coefficient (Wildman–Crippen LogP) is 2.89. The molecular formula is C10H7BrCl2N4O2. The van der Waals surface area contributed by atoms with Gasteiger partial charge in [0.2, 0.25) is 5.95 Å². The molecule has 2 aromatic rings. The molecule has 2 N–H and O–H groups in total. The monoisotopic (exact) mass is 364 g/mol. The Hall–Kier alpha value is -1.31. The number of rotatable bonds is 4. The maximum absolute atomic E-state index is 11.6. The van der Waals surface area contributed by atoms with Crippen molar-refractivity contribution in [3.05, 3.63) is 33.0 Å². The van der Waals surface area contributed by atoms with E-state index in [2.05, 4.69) is 36.4 Å². The van der Waals surface area contributed by atoms with Crippen LogP contribution < -0.4 is 10.1 Å². The Morgan fingerprint density at radius 1 is 1.47 bits per heavy atom. The van der Waals surface area contributed by atoms with Gasteiger partial charge in [0, 0.05) is 5.02 Å². The van der Waals surface area contributed by atoms with E-state index in [1.54, 1.807) is 12.1 Å². The maximum atomic E-state index is 11.6. The van der Waals surface area contributed by atoms with E-state index in [1.165, 1.54) is 6.07 Å². The van der Waals surface area contributed by atoms with E-state index in [1.807, 2.05) is 0 Å². The summed E-state index contributed by atoms with van der Waals surface area (Å²) >= 11 is 14.7. The van der Waals surface area contributed by atoms with Crippen LogP contribution >= 0.6 is 39.1 Å². The Balaban J connectivity index is 1.89. The largest absolute Gasteiger partial charge is 0.482 e. The third-order valence-corrected chi connectivity index (χ3v) is 2.85. The second-order valence-corrected chi connectivity index (χ2v) is 4.96. The smallest absolute Gasteiger partial charge is 0.264 e. The average molecular weight is 366 g/mol. The van der Waals surface area contributed by atoms with E-state index >= 15 is 0 Å². The summed E-state index contributed by atoms with van der Waals surface area (Å²) < 4.78 is 5.67. The average Bonchev–Trinajstić information content (AvgIpc) is 2.73. The molecule has 0 bridgehead atoms. The molecule has 0 unspecified atom stereocenters. The number of benzene rings is 1. The Morgan fingerprint density at radius 3 is 2.89 bits per heavy atom. The molecule has 1 heterocycles. The van der Waals surface area contributed by atoms with Crippen molar-refractivity contribution in [1.29, 1.82) is 0 Å². The van der Waals surface area contributed by atoms with Crippen LogP contribution in [-0.4, -0.2) is 27.7 Å². The van der Waals surface area contributed by atoms with Crippen LogP contribution in [0.4, 0.5) is 5.95 Å². The van der Waals surface area contributed by atoms with E-state index in [-0.39, 0.29) is 12.6 Å². The van der Waals surface area contributed by atoms with Crippen molar-refractivity contribution in [2.24, 2.45) is 0 Å². The first-order valence-electron chi connectivity index (χ1n) is 5.00. The number of hydrogen-bond acceptors (Lipinski definition) is 4. The fourth-order valence-electron chi connectivity index (χ4n) is 1.19. The van der Waals surface area contributed by atoms with Crippen LogP contribution in [0.25, 0.3) is 0 Å². The molecule has 1 aromatic carbocycles. The number of amides is 1. The number of aromatic amines is 1. The van der Waals surface area contributed by atoms with E-state index in [0.717, 1.165) is 0 Å². The van der Waals surface area contributed by atoms with Gasteiger partial charge in [-0.2, -0.15) is 4.98 Å². The third kappa shape index (κ3) is 4.09. The molecule has 0 spiro atoms. The van der Waals surface area contributed by atoms with Crippen molar-refractivity contribution in [1.82, 2.24) is 15.2 Å². The highest BCUT2D eigenvalue weighted by atomic mass is 79.9. The van der Waals surface area contributed by atoms with Gasteiger partial charge in [-0.05, 0) is 34.1 Å². The molecule has 0 fully saturated rings. The molecule has 9 heteroatoms. The summed E-state index contributed by atoms with van der Waals surface area (Å²) in [6, 6.07) is 4.73. The molecule has 0 saturated heterocycles. The molecule has 6 nitrogen and oxygen atoms in total. The summed E-state index contributed by atoms with van der Waals surface area (Å²) in [4.78, 5) is 15.4. The van der Waals surface area contributed by atoms with Gasteiger partial charge < -0.3 is 4.74 Å². The van der Waals surface area contributed by atoms with E-state index in [9.17, 15) is 4.79 Å². The van der Waals surface area contributed by atoms with Gasteiger partial charge >= 0.3 is 0 Å². The number of aromatic nitrogens is 3. The number of ether oxygens (including phenoxy) is 1. The summed E-state index contributed by atoms with van der Waals surface area (Å²) in [6.07, 6.45) is 0. The SMILES string of the molecule is O=C(COc1ccc(Cl)cc1Cl)Nc1n[nH]c(Br)n1. The van der Waals surface area contributed by atoms with Gasteiger partial charge in [-0.1, -0.05) is 23.2 Å². The molecule has 100 valence electrons. The van der Waals surface area contributed by atoms with Crippen LogP contribution in [0.2, 0.25) is 10.0 Å². The van der Waals surface area contributed by atoms with Crippen LogP contribution in [0, 0.1) is 0 Å². The first-order chi connectivity index (χ1) is 9.04. The van der Waals surface area contributed by atoms with Gasteiger partial charge in [-0.25, -0.2) is 0 Å². The third-order valence-electron chi connectivity index (χ3n) is 1.96. The highest BCUT2D eigenvalue weighted by Crippen LogP contribution is 2.27. The minimum Gasteiger partial charge on any atom is -0.482 e. The second kappa shape index (κ2) is 6.23. The Morgan fingerprint density at radius 2 is 2.26 bits per heavy atom. The number of hydrogen-bond donors (Lipinski definition) is 2. The minimum atomic E-state index is -0.405. The molecule has 0 aliphatic rings. The lowest BCUT2D eigenvalue weighted by Crippen LogP contribution is -2.20. The van der Waals surface area contributed by atoms with Crippen molar-refractivity contribution < 1.29 is 9.53 Å². The van der Waals surface area contributed by atoms with Crippen molar-refractivity contribution in [3.8, 4) is 5.75 Å². The van der Waals surface area contributed by atoms with Crippen LogP contribution in [-0.2, 0) is 4.79 Å². The lowest BCUT2D eigenvalue weighted by molar-refractivity contribution is -0.118. The number of carbonyl (C=O) groups excluding carboxylic acids is 1. The first kappa shape index (κ1) is 14.1. The highest BCUT2D eigenvalue weighted by Gasteiger charge is 2.09. The summed E-state index contributed by atoms with van der Waals surface area (Å²) in [5.74, 6) is 0.123. The highest BCUT2D eigenvalue weighted by molar-refractivity contribution is 9.10. The Kier molecular flexibility index (Phi) is 4.62. The van der Waals surface area contributed by atoms with E-state index in [4.69, 9.17) is 27.9 Å². The van der Waals surface area contributed by atoms with Crippen LogP contribution in [0.3, 0.4) is 0 Å². The minimum absolute atomic E-state index is 0.155. The predicted molar refractivity (Wildman–Crippen MR) is 74.7 cm³/mol. The topological polar surface area (TPSA) is 79.9 Å². The molecule has 1 aromatic heterocycles. The first-order valence-corrected chi connectivity index (χ1v) is 6.55. The van der Waals surface area contributed by atoms with Gasteiger partial charge in [-0.15, -0.1) is 5.10 Å². The molecule has 0 radical (unpaired) electrons. The lowest BCUT2D eigenvalue weighted by atomic mass is 10.3. The number of H-pyrrole nitrogens is 1. The number of carbonyl (C=O) groups is 1. The second-order valence-electron chi connectivity index (χ2n) is 3.36. The maximum Gasteiger partial charge on any atom is 0.264 e. The molecule has 1 amide bonds.